The van der Waals surface area contributed by atoms with Gasteiger partial charge < -0.3 is 0 Å². The first-order valence-electron chi connectivity index (χ1n) is 12.7. The van der Waals surface area contributed by atoms with E-state index in [0.717, 1.165) is 12.8 Å². The van der Waals surface area contributed by atoms with Crippen LogP contribution in [0.2, 0.25) is 0 Å². The van der Waals surface area contributed by atoms with E-state index >= 15 is 0 Å². The molecule has 0 nitrogen and oxygen atoms in total. The Morgan fingerprint density at radius 2 is 0.938 bits per heavy atom. The molecule has 0 fully saturated rings. The Morgan fingerprint density at radius 1 is 0.531 bits per heavy atom. The third-order valence-corrected chi connectivity index (χ3v) is 7.92. The van der Waals surface area contributed by atoms with E-state index < -0.39 is 0 Å². The molecule has 0 amide bonds. The second-order valence-electron chi connectivity index (χ2n) is 8.79. The highest BCUT2D eigenvalue weighted by Crippen LogP contribution is 2.33. The SMILES string of the molecule is CCCCCCCCC#Cc1cc2cc3sc(C#CCCCCCCCC)cc3cc2s1. The van der Waals surface area contributed by atoms with Crippen LogP contribution in [0.15, 0.2) is 24.3 Å². The summed E-state index contributed by atoms with van der Waals surface area (Å²) in [6, 6.07) is 9.17. The van der Waals surface area contributed by atoms with Gasteiger partial charge in [0.15, 0.2) is 0 Å². The molecule has 0 bridgehead atoms. The van der Waals surface area contributed by atoms with E-state index in [2.05, 4.69) is 61.8 Å². The minimum Gasteiger partial charge on any atom is -0.127 e. The molecule has 0 atom stereocenters. The molecule has 0 aliphatic rings. The molecule has 0 saturated carbocycles. The zero-order valence-corrected chi connectivity index (χ0v) is 21.7. The monoisotopic (exact) mass is 462 g/mol. The van der Waals surface area contributed by atoms with Crippen molar-refractivity contribution in [3.8, 4) is 23.7 Å². The van der Waals surface area contributed by atoms with Gasteiger partial charge in [-0.3, -0.25) is 0 Å². The molecular formula is C30H38S2. The number of unbranched alkanes of at least 4 members (excludes halogenated alkanes) is 12. The van der Waals surface area contributed by atoms with Crippen LogP contribution in [0.3, 0.4) is 0 Å². The molecule has 0 aliphatic heterocycles. The molecule has 0 N–H and O–H groups in total. The molecule has 0 spiro atoms. The molecule has 3 aromatic rings. The van der Waals surface area contributed by atoms with E-state index in [0.29, 0.717) is 0 Å². The molecule has 3 rings (SSSR count). The maximum atomic E-state index is 3.40. The van der Waals surface area contributed by atoms with Gasteiger partial charge in [0.1, 0.15) is 0 Å². The van der Waals surface area contributed by atoms with Gasteiger partial charge in [-0.15, -0.1) is 22.7 Å². The van der Waals surface area contributed by atoms with Gasteiger partial charge in [0, 0.05) is 22.2 Å². The van der Waals surface area contributed by atoms with E-state index in [4.69, 9.17) is 0 Å². The largest absolute Gasteiger partial charge is 0.127 e. The van der Waals surface area contributed by atoms with Crippen LogP contribution in [0.5, 0.6) is 0 Å². The summed E-state index contributed by atoms with van der Waals surface area (Å²) in [4.78, 5) is 2.39. The van der Waals surface area contributed by atoms with Crippen molar-refractivity contribution in [3.05, 3.63) is 34.0 Å². The summed E-state index contributed by atoms with van der Waals surface area (Å²) < 4.78 is 2.68. The summed E-state index contributed by atoms with van der Waals surface area (Å²) in [5, 5.41) is 2.64. The van der Waals surface area contributed by atoms with Crippen LogP contribution in [0.1, 0.15) is 113 Å². The van der Waals surface area contributed by atoms with Crippen LogP contribution < -0.4 is 0 Å². The predicted molar refractivity (Wildman–Crippen MR) is 147 cm³/mol. The molecule has 170 valence electrons. The van der Waals surface area contributed by atoms with Crippen LogP contribution >= 0.6 is 22.7 Å². The highest BCUT2D eigenvalue weighted by molar-refractivity contribution is 7.21. The van der Waals surface area contributed by atoms with Gasteiger partial charge in [-0.25, -0.2) is 0 Å². The quantitative estimate of drug-likeness (QED) is 0.185. The molecule has 2 aromatic heterocycles. The maximum absolute atomic E-state index is 3.40. The minimum absolute atomic E-state index is 1.02. The lowest BCUT2D eigenvalue weighted by atomic mass is 10.1. The second-order valence-corrected chi connectivity index (χ2v) is 11.0. The van der Waals surface area contributed by atoms with Crippen LogP contribution in [-0.2, 0) is 0 Å². The van der Waals surface area contributed by atoms with Gasteiger partial charge in [0.2, 0.25) is 0 Å². The van der Waals surface area contributed by atoms with Gasteiger partial charge in [-0.05, 0) is 47.9 Å². The number of thiophene rings is 2. The molecule has 0 aliphatic carbocycles. The fourth-order valence-electron chi connectivity index (χ4n) is 3.98. The van der Waals surface area contributed by atoms with Crippen molar-refractivity contribution >= 4 is 42.8 Å². The van der Waals surface area contributed by atoms with Crippen LogP contribution in [0.25, 0.3) is 20.2 Å². The first-order valence-corrected chi connectivity index (χ1v) is 14.4. The highest BCUT2D eigenvalue weighted by atomic mass is 32.1. The van der Waals surface area contributed by atoms with Crippen molar-refractivity contribution in [2.24, 2.45) is 0 Å². The Bertz CT molecular complexity index is 940. The lowest BCUT2D eigenvalue weighted by molar-refractivity contribution is 0.614. The Labute approximate surface area is 203 Å². The van der Waals surface area contributed by atoms with Crippen molar-refractivity contribution < 1.29 is 0 Å². The van der Waals surface area contributed by atoms with Crippen molar-refractivity contribution in [2.45, 2.75) is 104 Å². The number of rotatable bonds is 12. The summed E-state index contributed by atoms with van der Waals surface area (Å²) >= 11 is 3.65. The fraction of sp³-hybridized carbons (Fsp3) is 0.533. The molecular weight excluding hydrogens is 424 g/mol. The van der Waals surface area contributed by atoms with E-state index in [1.165, 1.54) is 107 Å². The van der Waals surface area contributed by atoms with E-state index in [1.54, 1.807) is 0 Å². The Balaban J connectivity index is 1.50. The lowest BCUT2D eigenvalue weighted by Crippen LogP contribution is -1.77. The van der Waals surface area contributed by atoms with E-state index in [9.17, 15) is 0 Å². The summed E-state index contributed by atoms with van der Waals surface area (Å²) in [5.74, 6) is 13.6. The average Bonchev–Trinajstić information content (AvgIpc) is 3.37. The van der Waals surface area contributed by atoms with Gasteiger partial charge in [0.05, 0.1) is 9.75 Å². The average molecular weight is 463 g/mol. The van der Waals surface area contributed by atoms with E-state index in [-0.39, 0.29) is 0 Å². The van der Waals surface area contributed by atoms with Gasteiger partial charge in [-0.2, -0.15) is 0 Å². The van der Waals surface area contributed by atoms with Gasteiger partial charge in [-0.1, -0.05) is 102 Å². The number of hydrogen-bond donors (Lipinski definition) is 0. The molecule has 2 heterocycles. The smallest absolute Gasteiger partial charge is 0.0781 e. The van der Waals surface area contributed by atoms with Crippen molar-refractivity contribution in [3.63, 3.8) is 0 Å². The zero-order chi connectivity index (χ0) is 22.4. The first kappa shape index (κ1) is 24.9. The Hall–Kier alpha value is -1.74. The molecule has 0 unspecified atom stereocenters. The minimum atomic E-state index is 1.02. The lowest BCUT2D eigenvalue weighted by Gasteiger charge is -1.96. The number of fused-ring (bicyclic) bond motifs is 2. The summed E-state index contributed by atoms with van der Waals surface area (Å²) in [6.45, 7) is 4.54. The maximum Gasteiger partial charge on any atom is 0.0781 e. The van der Waals surface area contributed by atoms with Gasteiger partial charge in [0.25, 0.3) is 0 Å². The Morgan fingerprint density at radius 3 is 1.38 bits per heavy atom. The number of benzene rings is 1. The second kappa shape index (κ2) is 14.4. The molecule has 2 heteroatoms. The topological polar surface area (TPSA) is 0 Å². The van der Waals surface area contributed by atoms with Crippen molar-refractivity contribution in [1.82, 2.24) is 0 Å². The first-order chi connectivity index (χ1) is 15.8. The molecule has 32 heavy (non-hydrogen) atoms. The normalized spacial score (nSPS) is 10.8. The summed E-state index contributed by atoms with van der Waals surface area (Å²) in [5.41, 5.74) is 0. The van der Waals surface area contributed by atoms with E-state index in [1.807, 2.05) is 22.7 Å². The summed E-state index contributed by atoms with van der Waals surface area (Å²) in [6.07, 6.45) is 18.0. The van der Waals surface area contributed by atoms with Crippen molar-refractivity contribution in [2.75, 3.05) is 0 Å². The third-order valence-electron chi connectivity index (χ3n) is 5.89. The standard InChI is InChI=1S/C30H38S2/c1-3-5-7-9-11-13-15-17-19-27-21-25-23-30-26(24-29(25)31-27)22-28(32-30)20-18-16-14-12-10-8-6-4-2/h21-24H,3-16H2,1-2H3. The Kier molecular flexibility index (Phi) is 11.2. The van der Waals surface area contributed by atoms with Crippen LogP contribution in [0, 0.1) is 23.7 Å². The van der Waals surface area contributed by atoms with Crippen molar-refractivity contribution in [1.29, 1.82) is 0 Å². The predicted octanol–water partition coefficient (Wildman–Crippen LogP) is 10.3. The van der Waals surface area contributed by atoms with Crippen LogP contribution in [0.4, 0.5) is 0 Å². The molecule has 1 aromatic carbocycles. The van der Waals surface area contributed by atoms with Gasteiger partial charge >= 0.3 is 0 Å². The highest BCUT2D eigenvalue weighted by Gasteiger charge is 2.05. The summed E-state index contributed by atoms with van der Waals surface area (Å²) in [7, 11) is 0. The zero-order valence-electron chi connectivity index (χ0n) is 20.0. The molecule has 0 radical (unpaired) electrons. The number of hydrogen-bond acceptors (Lipinski definition) is 2. The molecule has 0 saturated heterocycles. The third kappa shape index (κ3) is 8.31. The van der Waals surface area contributed by atoms with Crippen LogP contribution in [-0.4, -0.2) is 0 Å². The fourth-order valence-corrected chi connectivity index (χ4v) is 5.92.